The van der Waals surface area contributed by atoms with Gasteiger partial charge in [-0.05, 0) is 19.8 Å². The van der Waals surface area contributed by atoms with Crippen molar-refractivity contribution in [1.29, 1.82) is 5.26 Å². The third-order valence-corrected chi connectivity index (χ3v) is 1.32. The van der Waals surface area contributed by atoms with Crippen LogP contribution in [0.2, 0.25) is 0 Å². The van der Waals surface area contributed by atoms with Crippen LogP contribution in [0.25, 0.3) is 0 Å². The zero-order valence-corrected chi connectivity index (χ0v) is 5.96. The Hall–Kier alpha value is -0.550. The van der Waals surface area contributed by atoms with Gasteiger partial charge in [-0.15, -0.1) is 0 Å². The standard InChI is InChI=1S/C7H13NO/c1-3-7(9)4-6(2)5-8/h6-7,9H,3-4H2,1-2H3. The molecule has 0 aromatic heterocycles. The molecular formula is C7H13NO. The van der Waals surface area contributed by atoms with Gasteiger partial charge >= 0.3 is 0 Å². The second kappa shape index (κ2) is 4.34. The molecule has 0 aromatic carbocycles. The maximum atomic E-state index is 9.01. The lowest BCUT2D eigenvalue weighted by atomic mass is 10.0. The molecule has 0 spiro atoms. The monoisotopic (exact) mass is 127 g/mol. The van der Waals surface area contributed by atoms with E-state index in [2.05, 4.69) is 6.07 Å². The van der Waals surface area contributed by atoms with Crippen LogP contribution >= 0.6 is 0 Å². The Bertz CT molecular complexity index is 106. The molecule has 0 heterocycles. The lowest BCUT2D eigenvalue weighted by Crippen LogP contribution is -2.08. The molecule has 52 valence electrons. The Kier molecular flexibility index (Phi) is 4.08. The summed E-state index contributed by atoms with van der Waals surface area (Å²) in [6.07, 6.45) is 1.05. The molecule has 0 amide bonds. The Morgan fingerprint density at radius 1 is 1.67 bits per heavy atom. The summed E-state index contributed by atoms with van der Waals surface area (Å²) in [5.74, 6) is -0.0139. The number of rotatable bonds is 3. The molecule has 0 aromatic rings. The average Bonchev–Trinajstić information content (AvgIpc) is 1.87. The molecule has 9 heavy (non-hydrogen) atoms. The predicted octanol–water partition coefficient (Wildman–Crippen LogP) is 1.31. The molecule has 2 nitrogen and oxygen atoms in total. The molecule has 0 aliphatic carbocycles. The van der Waals surface area contributed by atoms with Crippen molar-refractivity contribution in [2.45, 2.75) is 32.8 Å². The minimum Gasteiger partial charge on any atom is -0.393 e. The first-order chi connectivity index (χ1) is 4.20. The first-order valence-corrected chi connectivity index (χ1v) is 3.28. The fourth-order valence-electron chi connectivity index (χ4n) is 0.627. The number of aliphatic hydroxyl groups is 1. The first kappa shape index (κ1) is 8.45. The summed E-state index contributed by atoms with van der Waals surface area (Å²) in [6, 6.07) is 2.07. The number of nitriles is 1. The van der Waals surface area contributed by atoms with Crippen LogP contribution in [0.3, 0.4) is 0 Å². The van der Waals surface area contributed by atoms with Gasteiger partial charge in [0.2, 0.25) is 0 Å². The van der Waals surface area contributed by atoms with Gasteiger partial charge in [0.15, 0.2) is 0 Å². The summed E-state index contributed by atoms with van der Waals surface area (Å²) in [5.41, 5.74) is 0. The van der Waals surface area contributed by atoms with Crippen LogP contribution < -0.4 is 0 Å². The van der Waals surface area contributed by atoms with Crippen LogP contribution in [0.15, 0.2) is 0 Å². The zero-order chi connectivity index (χ0) is 7.28. The highest BCUT2D eigenvalue weighted by Gasteiger charge is 2.05. The zero-order valence-electron chi connectivity index (χ0n) is 5.96. The maximum absolute atomic E-state index is 9.01. The van der Waals surface area contributed by atoms with Gasteiger partial charge < -0.3 is 5.11 Å². The molecule has 0 saturated carbocycles. The predicted molar refractivity (Wildman–Crippen MR) is 35.7 cm³/mol. The minimum atomic E-state index is -0.292. The Morgan fingerprint density at radius 2 is 2.22 bits per heavy atom. The fraction of sp³-hybridized carbons (Fsp3) is 0.857. The van der Waals surface area contributed by atoms with Crippen molar-refractivity contribution < 1.29 is 5.11 Å². The molecule has 2 heteroatoms. The fourth-order valence-corrected chi connectivity index (χ4v) is 0.627. The van der Waals surface area contributed by atoms with Gasteiger partial charge in [0.25, 0.3) is 0 Å². The maximum Gasteiger partial charge on any atom is 0.0653 e. The van der Waals surface area contributed by atoms with Crippen molar-refractivity contribution in [3.05, 3.63) is 0 Å². The highest BCUT2D eigenvalue weighted by molar-refractivity contribution is 4.80. The summed E-state index contributed by atoms with van der Waals surface area (Å²) in [5, 5.41) is 17.3. The van der Waals surface area contributed by atoms with E-state index in [1.54, 1.807) is 0 Å². The third kappa shape index (κ3) is 3.99. The van der Waals surface area contributed by atoms with Gasteiger partial charge in [-0.2, -0.15) is 5.26 Å². The van der Waals surface area contributed by atoms with Gasteiger partial charge in [-0.25, -0.2) is 0 Å². The molecule has 1 N–H and O–H groups in total. The Morgan fingerprint density at radius 3 is 2.56 bits per heavy atom. The van der Waals surface area contributed by atoms with Gasteiger partial charge in [-0.1, -0.05) is 6.92 Å². The average molecular weight is 127 g/mol. The molecular weight excluding hydrogens is 114 g/mol. The molecule has 2 atom stereocenters. The summed E-state index contributed by atoms with van der Waals surface area (Å²) in [7, 11) is 0. The lowest BCUT2D eigenvalue weighted by molar-refractivity contribution is 0.150. The Balaban J connectivity index is 3.37. The van der Waals surface area contributed by atoms with Crippen LogP contribution in [0.1, 0.15) is 26.7 Å². The smallest absolute Gasteiger partial charge is 0.0653 e. The summed E-state index contributed by atoms with van der Waals surface area (Å²) >= 11 is 0. The molecule has 0 rings (SSSR count). The van der Waals surface area contributed by atoms with Gasteiger partial charge in [0.05, 0.1) is 12.2 Å². The van der Waals surface area contributed by atoms with E-state index in [4.69, 9.17) is 10.4 Å². The second-order valence-corrected chi connectivity index (χ2v) is 2.33. The van der Waals surface area contributed by atoms with Crippen LogP contribution in [0.5, 0.6) is 0 Å². The second-order valence-electron chi connectivity index (χ2n) is 2.33. The van der Waals surface area contributed by atoms with Crippen LogP contribution in [0.4, 0.5) is 0 Å². The van der Waals surface area contributed by atoms with Gasteiger partial charge in [-0.3, -0.25) is 0 Å². The van der Waals surface area contributed by atoms with E-state index in [0.29, 0.717) is 6.42 Å². The molecule has 0 bridgehead atoms. The van der Waals surface area contributed by atoms with E-state index in [0.717, 1.165) is 6.42 Å². The molecule has 0 saturated heterocycles. The summed E-state index contributed by atoms with van der Waals surface area (Å²) in [6.45, 7) is 3.73. The first-order valence-electron chi connectivity index (χ1n) is 3.28. The summed E-state index contributed by atoms with van der Waals surface area (Å²) < 4.78 is 0. The highest BCUT2D eigenvalue weighted by atomic mass is 16.3. The number of hydrogen-bond donors (Lipinski definition) is 1. The Labute approximate surface area is 56.1 Å². The van der Waals surface area contributed by atoms with Crippen LogP contribution in [0, 0.1) is 17.2 Å². The third-order valence-electron chi connectivity index (χ3n) is 1.32. The van der Waals surface area contributed by atoms with Crippen molar-refractivity contribution >= 4 is 0 Å². The number of nitrogens with zero attached hydrogens (tertiary/aromatic N) is 1. The van der Waals surface area contributed by atoms with Crippen molar-refractivity contribution in [3.63, 3.8) is 0 Å². The topological polar surface area (TPSA) is 44.0 Å². The molecule has 0 radical (unpaired) electrons. The quantitative estimate of drug-likeness (QED) is 0.621. The van der Waals surface area contributed by atoms with E-state index < -0.39 is 0 Å². The van der Waals surface area contributed by atoms with E-state index in [-0.39, 0.29) is 12.0 Å². The van der Waals surface area contributed by atoms with E-state index >= 15 is 0 Å². The van der Waals surface area contributed by atoms with Crippen molar-refractivity contribution in [3.8, 4) is 6.07 Å². The summed E-state index contributed by atoms with van der Waals surface area (Å²) in [4.78, 5) is 0. The normalized spacial score (nSPS) is 16.2. The van der Waals surface area contributed by atoms with E-state index in [1.165, 1.54) is 0 Å². The van der Waals surface area contributed by atoms with E-state index in [1.807, 2.05) is 13.8 Å². The SMILES string of the molecule is CCC(O)CC(C)C#N. The van der Waals surface area contributed by atoms with Crippen molar-refractivity contribution in [2.75, 3.05) is 0 Å². The van der Waals surface area contributed by atoms with Gasteiger partial charge in [0.1, 0.15) is 0 Å². The van der Waals surface area contributed by atoms with E-state index in [9.17, 15) is 0 Å². The molecule has 0 aliphatic rings. The highest BCUT2D eigenvalue weighted by Crippen LogP contribution is 2.06. The molecule has 0 fully saturated rings. The van der Waals surface area contributed by atoms with Crippen molar-refractivity contribution in [1.82, 2.24) is 0 Å². The molecule has 2 unspecified atom stereocenters. The number of aliphatic hydroxyl groups excluding tert-OH is 1. The van der Waals surface area contributed by atoms with Gasteiger partial charge in [0, 0.05) is 5.92 Å². The van der Waals surface area contributed by atoms with Crippen LogP contribution in [-0.2, 0) is 0 Å². The molecule has 0 aliphatic heterocycles. The van der Waals surface area contributed by atoms with Crippen LogP contribution in [-0.4, -0.2) is 11.2 Å². The number of hydrogen-bond acceptors (Lipinski definition) is 2. The van der Waals surface area contributed by atoms with Crippen molar-refractivity contribution in [2.24, 2.45) is 5.92 Å². The largest absolute Gasteiger partial charge is 0.393 e. The lowest BCUT2D eigenvalue weighted by Gasteiger charge is -2.06. The minimum absolute atomic E-state index is 0.0139.